The summed E-state index contributed by atoms with van der Waals surface area (Å²) in [5.41, 5.74) is 21.4. The molecule has 1 atom stereocenters. The summed E-state index contributed by atoms with van der Waals surface area (Å²) in [5, 5.41) is 9.20. The fraction of sp³-hybridized carbons (Fsp3) is 0.821. The average Bonchev–Trinajstić information content (AvgIpc) is 2.93. The highest BCUT2D eigenvalue weighted by atomic mass is 16.2. The van der Waals surface area contributed by atoms with E-state index < -0.39 is 0 Å². The molecule has 0 aliphatic heterocycles. The molecule has 0 heterocycles. The van der Waals surface area contributed by atoms with E-state index in [2.05, 4.69) is 39.8 Å². The van der Waals surface area contributed by atoms with Gasteiger partial charge in [-0.2, -0.15) is 0 Å². The number of rotatable bonds is 26. The van der Waals surface area contributed by atoms with E-state index in [1.807, 2.05) is 0 Å². The van der Waals surface area contributed by atoms with Crippen LogP contribution in [0.4, 0.5) is 0 Å². The van der Waals surface area contributed by atoms with Gasteiger partial charge < -0.3 is 43.8 Å². The summed E-state index contributed by atoms with van der Waals surface area (Å²) in [4.78, 5) is 46.5. The summed E-state index contributed by atoms with van der Waals surface area (Å²) >= 11 is 0. The van der Waals surface area contributed by atoms with Crippen LogP contribution in [0.3, 0.4) is 0 Å². The number of hydrogen-bond acceptors (Lipinski definition) is 6. The van der Waals surface area contributed by atoms with Crippen LogP contribution < -0.4 is 38.9 Å². The highest BCUT2D eigenvalue weighted by Crippen LogP contribution is 2.18. The third-order valence-electron chi connectivity index (χ3n) is 6.71. The van der Waals surface area contributed by atoms with Gasteiger partial charge in [0.2, 0.25) is 17.7 Å². The Morgan fingerprint density at radius 1 is 0.683 bits per heavy atom. The minimum atomic E-state index is -0.151. The molecule has 0 radical (unpaired) electrons. The van der Waals surface area contributed by atoms with E-state index in [4.69, 9.17) is 22.9 Å². The number of carbonyl (C=O) groups is 3. The summed E-state index contributed by atoms with van der Waals surface area (Å²) in [6.07, 6.45) is 9.49. The highest BCUT2D eigenvalue weighted by molar-refractivity contribution is 5.83. The second kappa shape index (κ2) is 25.8. The third kappa shape index (κ3) is 24.4. The lowest BCUT2D eigenvalue weighted by molar-refractivity contribution is -0.133. The molecule has 13 heteroatoms. The van der Waals surface area contributed by atoms with Crippen LogP contribution in [-0.4, -0.2) is 86.9 Å². The normalized spacial score (nSPS) is 11.4. The standard InChI is InChI=1S/C28H58N10O3/c1-3-5-10-23(4-2)11-12-24(39)34-17-6-15-33-16-7-18-35-25(40)13-14-26(41)38(21-8-19-36-27(29)30)22-9-20-37-28(31)32/h23,33H,3-22H2,1-2H3,(H,34,39)(H,35,40)(H4,29,30,36)(H4,31,32,37). The van der Waals surface area contributed by atoms with Crippen LogP contribution in [0.25, 0.3) is 0 Å². The number of nitrogens with zero attached hydrogens (tertiary/aromatic N) is 3. The Morgan fingerprint density at radius 3 is 1.71 bits per heavy atom. The van der Waals surface area contributed by atoms with E-state index >= 15 is 0 Å². The zero-order chi connectivity index (χ0) is 30.7. The maximum absolute atomic E-state index is 12.7. The molecule has 41 heavy (non-hydrogen) atoms. The van der Waals surface area contributed by atoms with Crippen LogP contribution in [0, 0.1) is 5.92 Å². The van der Waals surface area contributed by atoms with E-state index in [0.717, 1.165) is 38.8 Å². The number of hydrogen-bond donors (Lipinski definition) is 7. The van der Waals surface area contributed by atoms with Crippen molar-refractivity contribution in [2.24, 2.45) is 38.8 Å². The topological polar surface area (TPSA) is 219 Å². The number of nitrogens with one attached hydrogen (secondary N) is 3. The largest absolute Gasteiger partial charge is 0.370 e. The summed E-state index contributed by atoms with van der Waals surface area (Å²) in [6.45, 7) is 8.97. The second-order valence-electron chi connectivity index (χ2n) is 10.3. The maximum atomic E-state index is 12.7. The van der Waals surface area contributed by atoms with Crippen molar-refractivity contribution in [2.45, 2.75) is 90.9 Å². The van der Waals surface area contributed by atoms with Gasteiger partial charge in [-0.1, -0.05) is 39.5 Å². The summed E-state index contributed by atoms with van der Waals surface area (Å²) in [7, 11) is 0. The number of nitrogens with two attached hydrogens (primary N) is 4. The lowest BCUT2D eigenvalue weighted by atomic mass is 9.94. The summed E-state index contributed by atoms with van der Waals surface area (Å²) in [5.74, 6) is 0.562. The number of amides is 3. The van der Waals surface area contributed by atoms with Crippen molar-refractivity contribution < 1.29 is 14.4 Å². The fourth-order valence-electron chi connectivity index (χ4n) is 4.24. The van der Waals surface area contributed by atoms with Crippen LogP contribution in [0.5, 0.6) is 0 Å². The van der Waals surface area contributed by atoms with Crippen LogP contribution in [-0.2, 0) is 14.4 Å². The lowest BCUT2D eigenvalue weighted by Crippen LogP contribution is -2.35. The summed E-state index contributed by atoms with van der Waals surface area (Å²) < 4.78 is 0. The molecule has 13 nitrogen and oxygen atoms in total. The van der Waals surface area contributed by atoms with Crippen molar-refractivity contribution in [3.8, 4) is 0 Å². The molecule has 0 bridgehead atoms. The van der Waals surface area contributed by atoms with Crippen LogP contribution >= 0.6 is 0 Å². The van der Waals surface area contributed by atoms with E-state index in [1.165, 1.54) is 19.3 Å². The zero-order valence-corrected chi connectivity index (χ0v) is 25.6. The minimum Gasteiger partial charge on any atom is -0.370 e. The molecule has 11 N–H and O–H groups in total. The molecule has 0 aromatic heterocycles. The lowest BCUT2D eigenvalue weighted by Gasteiger charge is -2.22. The van der Waals surface area contributed by atoms with Gasteiger partial charge in [0.05, 0.1) is 0 Å². The molecule has 0 aliphatic rings. The Kier molecular flexibility index (Phi) is 23.9. The van der Waals surface area contributed by atoms with Gasteiger partial charge in [0, 0.05) is 58.5 Å². The smallest absolute Gasteiger partial charge is 0.223 e. The molecule has 0 aromatic carbocycles. The van der Waals surface area contributed by atoms with Crippen molar-refractivity contribution in [1.29, 1.82) is 0 Å². The Balaban J connectivity index is 4.01. The first-order chi connectivity index (χ1) is 19.7. The molecule has 238 valence electrons. The van der Waals surface area contributed by atoms with Crippen molar-refractivity contribution in [2.75, 3.05) is 52.4 Å². The molecule has 0 spiro atoms. The van der Waals surface area contributed by atoms with Crippen molar-refractivity contribution in [1.82, 2.24) is 20.9 Å². The van der Waals surface area contributed by atoms with Gasteiger partial charge in [0.1, 0.15) is 0 Å². The molecule has 1 unspecified atom stereocenters. The Hall–Kier alpha value is -3.09. The first kappa shape index (κ1) is 37.9. The Morgan fingerprint density at radius 2 is 1.22 bits per heavy atom. The Labute approximate surface area is 247 Å². The van der Waals surface area contributed by atoms with E-state index in [0.29, 0.717) is 64.4 Å². The molecule has 3 amide bonds. The van der Waals surface area contributed by atoms with Gasteiger partial charge in [-0.15, -0.1) is 0 Å². The average molecular weight is 583 g/mol. The number of carbonyl (C=O) groups excluding carboxylic acids is 3. The summed E-state index contributed by atoms with van der Waals surface area (Å²) in [6, 6.07) is 0. The van der Waals surface area contributed by atoms with Crippen LogP contribution in [0.2, 0.25) is 0 Å². The number of unbranched alkanes of at least 4 members (excludes halogenated alkanes) is 1. The molecule has 0 saturated carbocycles. The molecule has 0 saturated heterocycles. The monoisotopic (exact) mass is 582 g/mol. The molecular weight excluding hydrogens is 524 g/mol. The van der Waals surface area contributed by atoms with Gasteiger partial charge in [0.15, 0.2) is 11.9 Å². The minimum absolute atomic E-state index is 0.0138. The predicted octanol–water partition coefficient (Wildman–Crippen LogP) is 0.521. The zero-order valence-electron chi connectivity index (χ0n) is 25.6. The Bertz CT molecular complexity index is 744. The van der Waals surface area contributed by atoms with Crippen molar-refractivity contribution in [3.05, 3.63) is 0 Å². The first-order valence-electron chi connectivity index (χ1n) is 15.3. The molecule has 0 aromatic rings. The van der Waals surface area contributed by atoms with E-state index in [1.54, 1.807) is 4.90 Å². The number of guanidine groups is 2. The third-order valence-corrected chi connectivity index (χ3v) is 6.71. The van der Waals surface area contributed by atoms with E-state index in [9.17, 15) is 14.4 Å². The maximum Gasteiger partial charge on any atom is 0.223 e. The quantitative estimate of drug-likeness (QED) is 0.0432. The van der Waals surface area contributed by atoms with Crippen LogP contribution in [0.15, 0.2) is 9.98 Å². The first-order valence-corrected chi connectivity index (χ1v) is 15.3. The SMILES string of the molecule is CCCCC(CC)CCC(=O)NCCCNCCCNC(=O)CCC(=O)N(CCCN=C(N)N)CCCN=C(N)N. The van der Waals surface area contributed by atoms with Gasteiger partial charge in [-0.25, -0.2) is 0 Å². The molecular formula is C28H58N10O3. The molecule has 0 aliphatic carbocycles. The van der Waals surface area contributed by atoms with Gasteiger partial charge in [-0.05, 0) is 51.1 Å². The van der Waals surface area contributed by atoms with Gasteiger partial charge in [0.25, 0.3) is 0 Å². The molecule has 0 rings (SSSR count). The fourth-order valence-corrected chi connectivity index (χ4v) is 4.24. The van der Waals surface area contributed by atoms with Gasteiger partial charge in [-0.3, -0.25) is 24.4 Å². The second-order valence-corrected chi connectivity index (χ2v) is 10.3. The van der Waals surface area contributed by atoms with E-state index in [-0.39, 0.29) is 42.5 Å². The predicted molar refractivity (Wildman–Crippen MR) is 167 cm³/mol. The van der Waals surface area contributed by atoms with Crippen molar-refractivity contribution >= 4 is 29.6 Å². The van der Waals surface area contributed by atoms with Gasteiger partial charge >= 0.3 is 0 Å². The highest BCUT2D eigenvalue weighted by Gasteiger charge is 2.15. The number of aliphatic imine (C=N–C) groups is 2. The van der Waals surface area contributed by atoms with Crippen molar-refractivity contribution in [3.63, 3.8) is 0 Å². The molecule has 0 fully saturated rings. The van der Waals surface area contributed by atoms with Crippen LogP contribution in [0.1, 0.15) is 90.9 Å².